The van der Waals surface area contributed by atoms with Crippen LogP contribution in [0, 0.1) is 0 Å². The van der Waals surface area contributed by atoms with Gasteiger partial charge >= 0.3 is 5.97 Å². The van der Waals surface area contributed by atoms with Crippen LogP contribution < -0.4 is 19.8 Å². The first-order valence-electron chi connectivity index (χ1n) is 10.8. The van der Waals surface area contributed by atoms with E-state index in [9.17, 15) is 9.59 Å². The highest BCUT2D eigenvalue weighted by molar-refractivity contribution is 7.07. The molecule has 9 heteroatoms. The van der Waals surface area contributed by atoms with Gasteiger partial charge in [-0.1, -0.05) is 23.5 Å². The average Bonchev–Trinajstić information content (AvgIpc) is 3.37. The number of rotatable bonds is 6. The Balaban J connectivity index is 1.91. The first-order chi connectivity index (χ1) is 15.8. The molecule has 0 saturated heterocycles. The standard InChI is InChI=1S/C24H27N5O3S/c1-6-28-13-12-17(26-28)14-19-22(30)29-21(16-8-10-18(11-9-16)27(4)5)20(23(31)32-7-2)15(3)25-24(29)33-19/h8-14,21H,6-7H2,1-5H3/b19-14+/t21-/m1/s1. The number of thiazole rings is 1. The molecule has 1 atom stereocenters. The Morgan fingerprint density at radius 3 is 2.55 bits per heavy atom. The second-order valence-electron chi connectivity index (χ2n) is 7.88. The number of nitrogens with zero attached hydrogens (tertiary/aromatic N) is 5. The van der Waals surface area contributed by atoms with E-state index < -0.39 is 12.0 Å². The van der Waals surface area contributed by atoms with Crippen LogP contribution in [0.1, 0.15) is 38.1 Å². The van der Waals surface area contributed by atoms with Crippen LogP contribution in [0.2, 0.25) is 0 Å². The fourth-order valence-electron chi connectivity index (χ4n) is 3.83. The normalized spacial score (nSPS) is 15.9. The lowest BCUT2D eigenvalue weighted by atomic mass is 9.95. The monoisotopic (exact) mass is 465 g/mol. The number of esters is 1. The van der Waals surface area contributed by atoms with E-state index in [1.54, 1.807) is 29.2 Å². The molecule has 0 radical (unpaired) electrons. The average molecular weight is 466 g/mol. The number of carbonyl (C=O) groups excluding carboxylic acids is 1. The summed E-state index contributed by atoms with van der Waals surface area (Å²) in [6.07, 6.45) is 3.65. The summed E-state index contributed by atoms with van der Waals surface area (Å²) in [4.78, 5) is 33.6. The third-order valence-electron chi connectivity index (χ3n) is 5.51. The number of hydrogen-bond acceptors (Lipinski definition) is 7. The highest BCUT2D eigenvalue weighted by atomic mass is 32.1. The van der Waals surface area contributed by atoms with Crippen molar-refractivity contribution in [2.75, 3.05) is 25.6 Å². The summed E-state index contributed by atoms with van der Waals surface area (Å²) in [5, 5.41) is 4.46. The summed E-state index contributed by atoms with van der Waals surface area (Å²) in [7, 11) is 3.93. The number of fused-ring (bicyclic) bond motifs is 1. The first-order valence-corrected chi connectivity index (χ1v) is 11.7. The zero-order valence-electron chi connectivity index (χ0n) is 19.4. The quantitative estimate of drug-likeness (QED) is 0.521. The second-order valence-corrected chi connectivity index (χ2v) is 8.89. The number of hydrogen-bond donors (Lipinski definition) is 0. The lowest BCUT2D eigenvalue weighted by Gasteiger charge is -2.25. The highest BCUT2D eigenvalue weighted by Crippen LogP contribution is 2.31. The number of anilines is 1. The predicted molar refractivity (Wildman–Crippen MR) is 129 cm³/mol. The van der Waals surface area contributed by atoms with Crippen molar-refractivity contribution in [2.45, 2.75) is 33.4 Å². The molecule has 1 aromatic carbocycles. The van der Waals surface area contributed by atoms with Gasteiger partial charge in [0.05, 0.1) is 34.1 Å². The Kier molecular flexibility index (Phi) is 6.33. The molecule has 0 spiro atoms. The Hall–Kier alpha value is -3.46. The van der Waals surface area contributed by atoms with Gasteiger partial charge in [-0.15, -0.1) is 0 Å². The van der Waals surface area contributed by atoms with Crippen molar-refractivity contribution in [3.05, 3.63) is 78.7 Å². The molecule has 0 saturated carbocycles. The molecule has 0 bridgehead atoms. The smallest absolute Gasteiger partial charge is 0.338 e. The molecule has 4 rings (SSSR count). The van der Waals surface area contributed by atoms with Crippen molar-refractivity contribution in [1.29, 1.82) is 0 Å². The predicted octanol–water partition coefficient (Wildman–Crippen LogP) is 2.08. The summed E-state index contributed by atoms with van der Waals surface area (Å²) in [5.74, 6) is -0.462. The third-order valence-corrected chi connectivity index (χ3v) is 6.49. The van der Waals surface area contributed by atoms with Gasteiger partial charge < -0.3 is 9.64 Å². The van der Waals surface area contributed by atoms with Gasteiger partial charge in [-0.3, -0.25) is 14.0 Å². The zero-order chi connectivity index (χ0) is 23.7. The molecule has 8 nitrogen and oxygen atoms in total. The second kappa shape index (κ2) is 9.19. The molecular formula is C24H27N5O3S. The molecular weight excluding hydrogens is 438 g/mol. The van der Waals surface area contributed by atoms with Gasteiger partial charge in [0.15, 0.2) is 4.80 Å². The number of carbonyl (C=O) groups is 1. The molecule has 0 unspecified atom stereocenters. The van der Waals surface area contributed by atoms with Crippen molar-refractivity contribution in [3.63, 3.8) is 0 Å². The van der Waals surface area contributed by atoms with Gasteiger partial charge in [-0.2, -0.15) is 5.10 Å². The maximum atomic E-state index is 13.6. The van der Waals surface area contributed by atoms with Crippen molar-refractivity contribution in [3.8, 4) is 0 Å². The first kappa shape index (κ1) is 22.7. The molecule has 0 aliphatic carbocycles. The van der Waals surface area contributed by atoms with E-state index in [2.05, 4.69) is 10.1 Å². The Morgan fingerprint density at radius 2 is 1.94 bits per heavy atom. The van der Waals surface area contributed by atoms with Crippen LogP contribution >= 0.6 is 11.3 Å². The van der Waals surface area contributed by atoms with Crippen LogP contribution in [0.5, 0.6) is 0 Å². The van der Waals surface area contributed by atoms with Crippen molar-refractivity contribution in [2.24, 2.45) is 4.99 Å². The summed E-state index contributed by atoms with van der Waals surface area (Å²) in [6.45, 7) is 6.55. The fourth-order valence-corrected chi connectivity index (χ4v) is 4.86. The number of benzene rings is 1. The minimum Gasteiger partial charge on any atom is -0.463 e. The molecule has 3 heterocycles. The van der Waals surface area contributed by atoms with E-state index in [1.165, 1.54) is 11.3 Å². The van der Waals surface area contributed by atoms with Crippen LogP contribution in [0.3, 0.4) is 0 Å². The van der Waals surface area contributed by atoms with Crippen molar-refractivity contribution < 1.29 is 9.53 Å². The number of aryl methyl sites for hydroxylation is 1. The highest BCUT2D eigenvalue weighted by Gasteiger charge is 2.33. The lowest BCUT2D eigenvalue weighted by molar-refractivity contribution is -0.139. The van der Waals surface area contributed by atoms with E-state index in [-0.39, 0.29) is 12.2 Å². The molecule has 1 aliphatic rings. The maximum absolute atomic E-state index is 13.6. The zero-order valence-corrected chi connectivity index (χ0v) is 20.2. The number of ether oxygens (including phenoxy) is 1. The molecule has 172 valence electrons. The van der Waals surface area contributed by atoms with Crippen LogP contribution in [0.4, 0.5) is 5.69 Å². The third kappa shape index (κ3) is 4.28. The van der Waals surface area contributed by atoms with Crippen LogP contribution in [-0.2, 0) is 16.1 Å². The van der Waals surface area contributed by atoms with E-state index in [4.69, 9.17) is 4.74 Å². The van der Waals surface area contributed by atoms with Crippen LogP contribution in [0.25, 0.3) is 6.08 Å². The van der Waals surface area contributed by atoms with Gasteiger partial charge in [0, 0.05) is 32.5 Å². The van der Waals surface area contributed by atoms with Crippen molar-refractivity contribution in [1.82, 2.24) is 14.3 Å². The molecule has 0 fully saturated rings. The molecule has 1 aliphatic heterocycles. The Bertz CT molecular complexity index is 1390. The molecule has 0 amide bonds. The SMILES string of the molecule is CCOC(=O)C1=C(C)N=c2s/c(=C/c3ccn(CC)n3)c(=O)n2[C@@H]1c1ccc(N(C)C)cc1. The maximum Gasteiger partial charge on any atom is 0.338 e. The Labute approximate surface area is 195 Å². The van der Waals surface area contributed by atoms with Gasteiger partial charge in [0.2, 0.25) is 0 Å². The summed E-state index contributed by atoms with van der Waals surface area (Å²) >= 11 is 1.30. The fraction of sp³-hybridized carbons (Fsp3) is 0.333. The largest absolute Gasteiger partial charge is 0.463 e. The summed E-state index contributed by atoms with van der Waals surface area (Å²) in [6, 6.07) is 9.08. The Morgan fingerprint density at radius 1 is 1.21 bits per heavy atom. The van der Waals surface area contributed by atoms with E-state index >= 15 is 0 Å². The van der Waals surface area contributed by atoms with E-state index in [0.29, 0.717) is 26.3 Å². The van der Waals surface area contributed by atoms with E-state index in [1.807, 2.05) is 62.4 Å². The van der Waals surface area contributed by atoms with Crippen LogP contribution in [-0.4, -0.2) is 41.0 Å². The lowest BCUT2D eigenvalue weighted by Crippen LogP contribution is -2.40. The van der Waals surface area contributed by atoms with Gasteiger partial charge in [-0.25, -0.2) is 9.79 Å². The molecule has 33 heavy (non-hydrogen) atoms. The van der Waals surface area contributed by atoms with Gasteiger partial charge in [-0.05, 0) is 50.6 Å². The van der Waals surface area contributed by atoms with Crippen LogP contribution in [0.15, 0.2) is 57.6 Å². The van der Waals surface area contributed by atoms with Crippen molar-refractivity contribution >= 4 is 29.1 Å². The number of allylic oxidation sites excluding steroid dienone is 1. The molecule has 3 aromatic rings. The number of aromatic nitrogens is 3. The molecule has 2 aromatic heterocycles. The minimum absolute atomic E-state index is 0.208. The summed E-state index contributed by atoms with van der Waals surface area (Å²) in [5.41, 5.74) is 3.27. The minimum atomic E-state index is -0.619. The topological polar surface area (TPSA) is 81.7 Å². The van der Waals surface area contributed by atoms with Gasteiger partial charge in [0.1, 0.15) is 0 Å². The van der Waals surface area contributed by atoms with E-state index in [0.717, 1.165) is 17.8 Å². The molecule has 0 N–H and O–H groups in total. The summed E-state index contributed by atoms with van der Waals surface area (Å²) < 4.78 is 9.26. The van der Waals surface area contributed by atoms with Gasteiger partial charge in [0.25, 0.3) is 5.56 Å².